The molecule has 0 aliphatic carbocycles. The van der Waals surface area contributed by atoms with Gasteiger partial charge in [0.2, 0.25) is 17.7 Å². The van der Waals surface area contributed by atoms with Crippen molar-refractivity contribution in [3.8, 4) is 0 Å². The molecule has 56 heavy (non-hydrogen) atoms. The van der Waals surface area contributed by atoms with Gasteiger partial charge in [-0.3, -0.25) is 19.2 Å². The molecule has 1 unspecified atom stereocenters. The number of carbonyl (C=O) groups is 6. The first-order chi connectivity index (χ1) is 27.2. The van der Waals surface area contributed by atoms with E-state index in [4.69, 9.17) is 29.8 Å². The molecule has 0 aliphatic heterocycles. The van der Waals surface area contributed by atoms with E-state index in [0.29, 0.717) is 78.3 Å². The second kappa shape index (κ2) is 40.0. The number of aldehydes is 1. The van der Waals surface area contributed by atoms with Crippen LogP contribution in [0.3, 0.4) is 0 Å². The van der Waals surface area contributed by atoms with E-state index in [2.05, 4.69) is 16.0 Å². The van der Waals surface area contributed by atoms with E-state index in [0.717, 1.165) is 38.4 Å². The van der Waals surface area contributed by atoms with E-state index in [9.17, 15) is 33.9 Å². The molecule has 3 amide bonds. The minimum Gasteiger partial charge on any atom is -0.480 e. The van der Waals surface area contributed by atoms with E-state index in [1.807, 2.05) is 0 Å². The molecule has 0 aliphatic rings. The monoisotopic (exact) mass is 803 g/mol. The van der Waals surface area contributed by atoms with Crippen molar-refractivity contribution in [1.82, 2.24) is 16.0 Å². The third kappa shape index (κ3) is 37.7. The molecule has 326 valence electrons. The van der Waals surface area contributed by atoms with Crippen LogP contribution in [0.5, 0.6) is 0 Å². The second-order valence-corrected chi connectivity index (χ2v) is 14.0. The molecule has 0 saturated heterocycles. The zero-order valence-corrected chi connectivity index (χ0v) is 33.9. The summed E-state index contributed by atoms with van der Waals surface area (Å²) in [6, 6.07) is -1.98. The Morgan fingerprint density at radius 3 is 1.46 bits per heavy atom. The van der Waals surface area contributed by atoms with Crippen molar-refractivity contribution in [2.24, 2.45) is 5.73 Å². The van der Waals surface area contributed by atoms with E-state index in [-0.39, 0.29) is 63.2 Å². The molecule has 0 aromatic carbocycles. The minimum absolute atomic E-state index is 0.00478. The van der Waals surface area contributed by atoms with E-state index >= 15 is 0 Å². The SMILES string of the molecule is N[C@@H](CCCCNC(=O)CCOCCOCCOCCOCCNC(=O)CCC(NC(=O)CCCCCCCCCCCCCCCCC=O)C(=O)O)C(=O)O. The molecule has 0 fully saturated rings. The van der Waals surface area contributed by atoms with Gasteiger partial charge < -0.3 is 55.6 Å². The lowest BCUT2D eigenvalue weighted by atomic mass is 10.0. The summed E-state index contributed by atoms with van der Waals surface area (Å²) < 4.78 is 21.7. The van der Waals surface area contributed by atoms with Crippen molar-refractivity contribution >= 4 is 35.9 Å². The first-order valence-electron chi connectivity index (χ1n) is 21.0. The summed E-state index contributed by atoms with van der Waals surface area (Å²) in [5.74, 6) is -2.94. The first kappa shape index (κ1) is 52.8. The Balaban J connectivity index is 3.59. The molecule has 16 nitrogen and oxygen atoms in total. The van der Waals surface area contributed by atoms with E-state index < -0.39 is 24.0 Å². The number of carboxylic acids is 2. The lowest BCUT2D eigenvalue weighted by Gasteiger charge is -2.14. The molecule has 0 aromatic heterocycles. The fraction of sp³-hybridized carbons (Fsp3) is 0.850. The number of nitrogens with one attached hydrogen (secondary N) is 3. The summed E-state index contributed by atoms with van der Waals surface area (Å²) in [4.78, 5) is 68.8. The second-order valence-electron chi connectivity index (χ2n) is 14.0. The normalized spacial score (nSPS) is 12.2. The van der Waals surface area contributed by atoms with E-state index in [1.165, 1.54) is 51.4 Å². The third-order valence-corrected chi connectivity index (χ3v) is 9.01. The van der Waals surface area contributed by atoms with Gasteiger partial charge in [-0.15, -0.1) is 0 Å². The van der Waals surface area contributed by atoms with Crippen LogP contribution < -0.4 is 21.7 Å². The Morgan fingerprint density at radius 1 is 0.482 bits per heavy atom. The van der Waals surface area contributed by atoms with Crippen molar-refractivity contribution in [2.45, 2.75) is 153 Å². The highest BCUT2D eigenvalue weighted by Crippen LogP contribution is 2.14. The Bertz CT molecular complexity index is 1020. The lowest BCUT2D eigenvalue weighted by Crippen LogP contribution is -2.41. The van der Waals surface area contributed by atoms with Crippen LogP contribution in [0.15, 0.2) is 0 Å². The van der Waals surface area contributed by atoms with Gasteiger partial charge in [-0.2, -0.15) is 0 Å². The van der Waals surface area contributed by atoms with Crippen LogP contribution >= 0.6 is 0 Å². The van der Waals surface area contributed by atoms with Crippen LogP contribution in [-0.2, 0) is 47.7 Å². The van der Waals surface area contributed by atoms with Gasteiger partial charge in [-0.1, -0.05) is 77.0 Å². The summed E-state index contributed by atoms with van der Waals surface area (Å²) in [7, 11) is 0. The largest absolute Gasteiger partial charge is 0.480 e. The molecule has 0 rings (SSSR count). The first-order valence-corrected chi connectivity index (χ1v) is 21.0. The van der Waals surface area contributed by atoms with Crippen molar-refractivity contribution in [2.75, 3.05) is 65.9 Å². The number of carbonyl (C=O) groups excluding carboxylic acids is 4. The van der Waals surface area contributed by atoms with Gasteiger partial charge in [0.05, 0.1) is 52.9 Å². The maximum absolute atomic E-state index is 12.3. The maximum Gasteiger partial charge on any atom is 0.326 e. The fourth-order valence-corrected chi connectivity index (χ4v) is 5.64. The van der Waals surface area contributed by atoms with Gasteiger partial charge in [0.15, 0.2) is 0 Å². The standard InChI is InChI=1S/C40H74N4O12/c41-34(39(49)50)18-15-16-23-42-37(47)22-26-53-28-30-55-32-33-56-31-29-54-27-24-43-36(46)21-20-35(40(51)52)44-38(48)19-14-12-10-8-6-4-2-1-3-5-7-9-11-13-17-25-45/h25,34-35H,1-24,26-33,41H2,(H,42,47)(H,43,46)(H,44,48)(H,49,50)(H,51,52)/t34-,35?/m0/s1. The van der Waals surface area contributed by atoms with Crippen LogP contribution in [0.1, 0.15) is 141 Å². The number of ether oxygens (including phenoxy) is 4. The lowest BCUT2D eigenvalue weighted by molar-refractivity contribution is -0.142. The number of hydrogen-bond donors (Lipinski definition) is 6. The highest BCUT2D eigenvalue weighted by molar-refractivity contribution is 5.84. The van der Waals surface area contributed by atoms with Crippen molar-refractivity contribution < 1.29 is 57.9 Å². The van der Waals surface area contributed by atoms with Gasteiger partial charge in [-0.05, 0) is 38.5 Å². The number of unbranched alkanes of at least 4 members (excludes halogenated alkanes) is 15. The molecule has 0 aromatic rings. The summed E-state index contributed by atoms with van der Waals surface area (Å²) in [6.07, 6.45) is 19.9. The Labute approximate surface area is 334 Å². The highest BCUT2D eigenvalue weighted by atomic mass is 16.6. The summed E-state index contributed by atoms with van der Waals surface area (Å²) >= 11 is 0. The zero-order valence-electron chi connectivity index (χ0n) is 33.9. The average Bonchev–Trinajstić information content (AvgIpc) is 3.17. The quantitative estimate of drug-likeness (QED) is 0.0377. The predicted octanol–water partition coefficient (Wildman–Crippen LogP) is 4.05. The molecule has 0 bridgehead atoms. The Kier molecular flexibility index (Phi) is 37.8. The molecule has 16 heteroatoms. The van der Waals surface area contributed by atoms with Crippen molar-refractivity contribution in [3.05, 3.63) is 0 Å². The smallest absolute Gasteiger partial charge is 0.326 e. The third-order valence-electron chi connectivity index (χ3n) is 9.01. The van der Waals surface area contributed by atoms with Crippen LogP contribution in [0.2, 0.25) is 0 Å². The van der Waals surface area contributed by atoms with Gasteiger partial charge in [0, 0.05) is 38.8 Å². The molecule has 0 saturated carbocycles. The fourth-order valence-electron chi connectivity index (χ4n) is 5.64. The molecule has 0 heterocycles. The summed E-state index contributed by atoms with van der Waals surface area (Å²) in [5, 5.41) is 26.2. The van der Waals surface area contributed by atoms with Crippen LogP contribution in [-0.4, -0.2) is 124 Å². The van der Waals surface area contributed by atoms with Crippen molar-refractivity contribution in [3.63, 3.8) is 0 Å². The van der Waals surface area contributed by atoms with Crippen LogP contribution in [0.25, 0.3) is 0 Å². The molecule has 0 spiro atoms. The topological polar surface area (TPSA) is 242 Å². The molecular weight excluding hydrogens is 728 g/mol. The van der Waals surface area contributed by atoms with E-state index in [1.54, 1.807) is 0 Å². The molecule has 0 radical (unpaired) electrons. The van der Waals surface area contributed by atoms with Crippen LogP contribution in [0.4, 0.5) is 0 Å². The molecule has 2 atom stereocenters. The van der Waals surface area contributed by atoms with Crippen molar-refractivity contribution in [1.29, 1.82) is 0 Å². The van der Waals surface area contributed by atoms with Crippen LogP contribution in [0, 0.1) is 0 Å². The predicted molar refractivity (Wildman–Crippen MR) is 212 cm³/mol. The maximum atomic E-state index is 12.3. The number of carboxylic acid groups (broad SMARTS) is 2. The van der Waals surface area contributed by atoms with Gasteiger partial charge >= 0.3 is 11.9 Å². The number of amides is 3. The molecule has 7 N–H and O–H groups in total. The average molecular weight is 803 g/mol. The van der Waals surface area contributed by atoms with Gasteiger partial charge in [0.25, 0.3) is 0 Å². The van der Waals surface area contributed by atoms with Gasteiger partial charge in [0.1, 0.15) is 18.4 Å². The minimum atomic E-state index is -1.16. The Hall–Kier alpha value is -3.18. The zero-order chi connectivity index (χ0) is 41.3. The summed E-state index contributed by atoms with van der Waals surface area (Å²) in [5.41, 5.74) is 5.43. The number of aliphatic carboxylic acids is 2. The molecular formula is C40H74N4O12. The highest BCUT2D eigenvalue weighted by Gasteiger charge is 2.20. The number of hydrogen-bond acceptors (Lipinski definition) is 11. The van der Waals surface area contributed by atoms with Gasteiger partial charge in [-0.25, -0.2) is 4.79 Å². The summed E-state index contributed by atoms with van der Waals surface area (Å²) in [6.45, 7) is 3.40. The number of rotatable bonds is 43. The Morgan fingerprint density at radius 2 is 0.946 bits per heavy atom. The number of nitrogens with two attached hydrogens (primary N) is 1.